The van der Waals surface area contributed by atoms with E-state index in [1.807, 2.05) is 0 Å². The summed E-state index contributed by atoms with van der Waals surface area (Å²) in [4.78, 5) is 12.3. The summed E-state index contributed by atoms with van der Waals surface area (Å²) in [5, 5.41) is 20.5. The number of aromatic amines is 1. The van der Waals surface area contributed by atoms with Gasteiger partial charge in [0.05, 0.1) is 6.20 Å². The van der Waals surface area contributed by atoms with Crippen LogP contribution < -0.4 is 5.32 Å². The molecule has 8 nitrogen and oxygen atoms in total. The van der Waals surface area contributed by atoms with Crippen LogP contribution in [0.1, 0.15) is 44.0 Å². The average Bonchev–Trinajstić information content (AvgIpc) is 3.03. The third-order valence-electron chi connectivity index (χ3n) is 3.93. The lowest BCUT2D eigenvalue weighted by atomic mass is 9.55. The standard InChI is InChI=1S/C13H19N7O/c1-12(2)5-13(3,6-12)7-14-11(21)9-4-15-17-10(9)20-8-16-18-19-20/h4,8H,5-7H2,1-3H3,(H,14,21)(H,15,17). The molecule has 2 N–H and O–H groups in total. The van der Waals surface area contributed by atoms with Crippen molar-refractivity contribution in [2.45, 2.75) is 33.6 Å². The summed E-state index contributed by atoms with van der Waals surface area (Å²) in [6, 6.07) is 0. The van der Waals surface area contributed by atoms with Gasteiger partial charge in [-0.2, -0.15) is 9.78 Å². The topological polar surface area (TPSA) is 101 Å². The van der Waals surface area contributed by atoms with Gasteiger partial charge in [0.2, 0.25) is 0 Å². The predicted octanol–water partition coefficient (Wildman–Crippen LogP) is 0.941. The molecule has 0 radical (unpaired) electrons. The number of nitrogens with one attached hydrogen (secondary N) is 2. The molecule has 0 spiro atoms. The van der Waals surface area contributed by atoms with E-state index >= 15 is 0 Å². The number of rotatable bonds is 4. The number of hydrogen-bond donors (Lipinski definition) is 2. The summed E-state index contributed by atoms with van der Waals surface area (Å²) in [5.41, 5.74) is 0.995. The Morgan fingerprint density at radius 3 is 2.81 bits per heavy atom. The lowest BCUT2D eigenvalue weighted by molar-refractivity contribution is 0.00454. The predicted molar refractivity (Wildman–Crippen MR) is 74.8 cm³/mol. The Bertz CT molecular complexity index is 635. The smallest absolute Gasteiger partial charge is 0.256 e. The van der Waals surface area contributed by atoms with Crippen molar-refractivity contribution < 1.29 is 4.79 Å². The van der Waals surface area contributed by atoms with Gasteiger partial charge in [-0.25, -0.2) is 0 Å². The summed E-state index contributed by atoms with van der Waals surface area (Å²) in [6.07, 6.45) is 5.14. The zero-order valence-electron chi connectivity index (χ0n) is 12.4. The SMILES string of the molecule is CC1(C)CC(C)(CNC(=O)c2cn[nH]c2-n2cnnn2)C1. The highest BCUT2D eigenvalue weighted by Crippen LogP contribution is 2.53. The van der Waals surface area contributed by atoms with Gasteiger partial charge in [-0.05, 0) is 34.1 Å². The van der Waals surface area contributed by atoms with Crippen molar-refractivity contribution in [2.75, 3.05) is 6.54 Å². The lowest BCUT2D eigenvalue weighted by Gasteiger charge is -2.51. The van der Waals surface area contributed by atoms with E-state index in [1.165, 1.54) is 17.2 Å². The average molecular weight is 289 g/mol. The molecule has 0 aliphatic heterocycles. The van der Waals surface area contributed by atoms with E-state index in [2.05, 4.69) is 51.8 Å². The minimum absolute atomic E-state index is 0.166. The van der Waals surface area contributed by atoms with Crippen LogP contribution in [0.3, 0.4) is 0 Å². The van der Waals surface area contributed by atoms with Crippen LogP contribution in [-0.2, 0) is 0 Å². The highest BCUT2D eigenvalue weighted by Gasteiger charge is 2.45. The van der Waals surface area contributed by atoms with Gasteiger partial charge in [-0.3, -0.25) is 9.89 Å². The Hall–Kier alpha value is -2.25. The summed E-state index contributed by atoms with van der Waals surface area (Å²) in [6.45, 7) is 7.37. The molecule has 0 saturated heterocycles. The Balaban J connectivity index is 1.66. The normalized spacial score (nSPS) is 19.0. The lowest BCUT2D eigenvalue weighted by Crippen LogP contribution is -2.48. The van der Waals surface area contributed by atoms with Crippen molar-refractivity contribution >= 4 is 5.91 Å². The fourth-order valence-electron chi connectivity index (χ4n) is 3.66. The molecule has 2 aromatic heterocycles. The second-order valence-electron chi connectivity index (χ2n) is 6.90. The number of tetrazole rings is 1. The molecule has 1 saturated carbocycles. The van der Waals surface area contributed by atoms with Crippen LogP contribution in [-0.4, -0.2) is 42.9 Å². The molecule has 3 rings (SSSR count). The van der Waals surface area contributed by atoms with Gasteiger partial charge in [0, 0.05) is 6.54 Å². The molecule has 1 aliphatic carbocycles. The van der Waals surface area contributed by atoms with Crippen LogP contribution in [0.4, 0.5) is 0 Å². The van der Waals surface area contributed by atoms with Crippen LogP contribution in [0.25, 0.3) is 5.82 Å². The summed E-state index contributed by atoms with van der Waals surface area (Å²) in [5.74, 6) is 0.303. The molecule has 1 aliphatic rings. The maximum atomic E-state index is 12.3. The molecule has 0 aromatic carbocycles. The van der Waals surface area contributed by atoms with E-state index in [4.69, 9.17) is 0 Å². The van der Waals surface area contributed by atoms with Gasteiger partial charge in [0.15, 0.2) is 5.82 Å². The zero-order valence-corrected chi connectivity index (χ0v) is 12.4. The van der Waals surface area contributed by atoms with Gasteiger partial charge in [0.25, 0.3) is 5.91 Å². The summed E-state index contributed by atoms with van der Waals surface area (Å²) < 4.78 is 1.39. The summed E-state index contributed by atoms with van der Waals surface area (Å²) >= 11 is 0. The quantitative estimate of drug-likeness (QED) is 0.872. The second kappa shape index (κ2) is 4.64. The third-order valence-corrected chi connectivity index (χ3v) is 3.93. The molecule has 112 valence electrons. The van der Waals surface area contributed by atoms with Crippen LogP contribution in [0.15, 0.2) is 12.5 Å². The Morgan fingerprint density at radius 1 is 1.43 bits per heavy atom. The van der Waals surface area contributed by atoms with Crippen LogP contribution >= 0.6 is 0 Å². The van der Waals surface area contributed by atoms with Crippen LogP contribution in [0, 0.1) is 10.8 Å². The molecule has 0 unspecified atom stereocenters. The van der Waals surface area contributed by atoms with Crippen molar-refractivity contribution in [2.24, 2.45) is 10.8 Å². The maximum absolute atomic E-state index is 12.3. The van der Waals surface area contributed by atoms with Crippen molar-refractivity contribution in [3.05, 3.63) is 18.1 Å². The molecule has 1 amide bonds. The number of nitrogens with zero attached hydrogens (tertiary/aromatic N) is 5. The monoisotopic (exact) mass is 289 g/mol. The first-order valence-electron chi connectivity index (χ1n) is 6.94. The molecule has 1 fully saturated rings. The first kappa shape index (κ1) is 13.7. The highest BCUT2D eigenvalue weighted by atomic mass is 16.1. The molecular weight excluding hydrogens is 270 g/mol. The van der Waals surface area contributed by atoms with Crippen LogP contribution in [0.5, 0.6) is 0 Å². The largest absolute Gasteiger partial charge is 0.351 e. The van der Waals surface area contributed by atoms with Gasteiger partial charge < -0.3 is 5.32 Å². The maximum Gasteiger partial charge on any atom is 0.256 e. The number of hydrogen-bond acceptors (Lipinski definition) is 5. The number of aromatic nitrogens is 6. The van der Waals surface area contributed by atoms with E-state index < -0.39 is 0 Å². The van der Waals surface area contributed by atoms with E-state index in [-0.39, 0.29) is 11.3 Å². The van der Waals surface area contributed by atoms with Gasteiger partial charge >= 0.3 is 0 Å². The zero-order chi connectivity index (χ0) is 15.1. The first-order chi connectivity index (χ1) is 9.89. The fourth-order valence-corrected chi connectivity index (χ4v) is 3.66. The van der Waals surface area contributed by atoms with Crippen molar-refractivity contribution in [1.82, 2.24) is 35.7 Å². The minimum Gasteiger partial charge on any atom is -0.351 e. The van der Waals surface area contributed by atoms with Crippen LogP contribution in [0.2, 0.25) is 0 Å². The molecular formula is C13H19N7O. The van der Waals surface area contributed by atoms with E-state index in [0.717, 1.165) is 12.8 Å². The minimum atomic E-state index is -0.166. The van der Waals surface area contributed by atoms with Gasteiger partial charge in [-0.1, -0.05) is 20.8 Å². The number of amides is 1. The van der Waals surface area contributed by atoms with Crippen molar-refractivity contribution in [3.8, 4) is 5.82 Å². The fraction of sp³-hybridized carbons (Fsp3) is 0.615. The molecule has 2 aromatic rings. The van der Waals surface area contributed by atoms with Gasteiger partial charge in [-0.15, -0.1) is 5.10 Å². The van der Waals surface area contributed by atoms with Crippen molar-refractivity contribution in [3.63, 3.8) is 0 Å². The summed E-state index contributed by atoms with van der Waals surface area (Å²) in [7, 11) is 0. The van der Waals surface area contributed by atoms with E-state index in [1.54, 1.807) is 0 Å². The van der Waals surface area contributed by atoms with Gasteiger partial charge in [0.1, 0.15) is 11.9 Å². The molecule has 2 heterocycles. The molecule has 21 heavy (non-hydrogen) atoms. The third kappa shape index (κ3) is 2.65. The number of carbonyl (C=O) groups excluding carboxylic acids is 1. The van der Waals surface area contributed by atoms with E-state index in [9.17, 15) is 4.79 Å². The molecule has 0 bridgehead atoms. The Labute approximate surface area is 122 Å². The second-order valence-corrected chi connectivity index (χ2v) is 6.90. The Morgan fingerprint density at radius 2 is 2.19 bits per heavy atom. The number of carbonyl (C=O) groups is 1. The number of H-pyrrole nitrogens is 1. The van der Waals surface area contributed by atoms with Crippen molar-refractivity contribution in [1.29, 1.82) is 0 Å². The molecule has 8 heteroatoms. The van der Waals surface area contributed by atoms with E-state index in [0.29, 0.717) is 23.3 Å². The Kier molecular flexibility index (Phi) is 3.03. The molecule has 0 atom stereocenters. The first-order valence-corrected chi connectivity index (χ1v) is 6.94. The highest BCUT2D eigenvalue weighted by molar-refractivity contribution is 5.96.